The van der Waals surface area contributed by atoms with Gasteiger partial charge >= 0.3 is 5.97 Å². The monoisotopic (exact) mass is 531 g/mol. The molecule has 0 saturated heterocycles. The fourth-order valence-electron chi connectivity index (χ4n) is 3.46. The van der Waals surface area contributed by atoms with Crippen LogP contribution in [0.25, 0.3) is 11.4 Å². The summed E-state index contributed by atoms with van der Waals surface area (Å²) >= 11 is 2.16. The lowest BCUT2D eigenvalue weighted by molar-refractivity contribution is -0.113. The van der Waals surface area contributed by atoms with Crippen LogP contribution in [0.15, 0.2) is 29.4 Å². The van der Waals surface area contributed by atoms with Crippen LogP contribution in [-0.4, -0.2) is 51.0 Å². The summed E-state index contributed by atoms with van der Waals surface area (Å²) in [6.07, 6.45) is -0.365. The van der Waals surface area contributed by atoms with Gasteiger partial charge in [0.15, 0.2) is 11.0 Å². The average molecular weight is 532 g/mol. The second kappa shape index (κ2) is 12.0. The molecule has 0 spiro atoms. The summed E-state index contributed by atoms with van der Waals surface area (Å²) in [5, 5.41) is 12.1. The molecule has 3 aromatic rings. The SMILES string of the molecule is CCOc1ccccc1-c1nnc(SCC(=O)Nc2sc(C(N)=O)c(C)c2C(=O)OC(C)C)n1CC. The zero-order valence-electron chi connectivity index (χ0n) is 20.8. The third-order valence-electron chi connectivity index (χ3n) is 4.96. The fraction of sp³-hybridized carbons (Fsp3) is 0.375. The van der Waals surface area contributed by atoms with Crippen molar-refractivity contribution < 1.29 is 23.9 Å². The number of para-hydroxylation sites is 1. The topological polar surface area (TPSA) is 138 Å². The van der Waals surface area contributed by atoms with Gasteiger partial charge in [0.25, 0.3) is 5.91 Å². The van der Waals surface area contributed by atoms with Crippen LogP contribution in [0.3, 0.4) is 0 Å². The molecule has 2 aromatic heterocycles. The number of ether oxygens (including phenoxy) is 2. The number of carbonyl (C=O) groups is 3. The molecule has 10 nitrogen and oxygen atoms in total. The number of esters is 1. The van der Waals surface area contributed by atoms with E-state index >= 15 is 0 Å². The first kappa shape index (κ1) is 27.2. The Hall–Kier alpha value is -3.38. The number of aromatic nitrogens is 3. The fourth-order valence-corrected chi connectivity index (χ4v) is 5.33. The summed E-state index contributed by atoms with van der Waals surface area (Å²) in [5.74, 6) is -0.330. The van der Waals surface area contributed by atoms with Gasteiger partial charge < -0.3 is 25.1 Å². The smallest absolute Gasteiger partial charge is 0.341 e. The highest BCUT2D eigenvalue weighted by Gasteiger charge is 2.26. The van der Waals surface area contributed by atoms with Gasteiger partial charge in [-0.1, -0.05) is 23.9 Å². The summed E-state index contributed by atoms with van der Waals surface area (Å²) in [6.45, 7) is 10.0. The number of primary amides is 1. The number of nitrogens with one attached hydrogen (secondary N) is 1. The van der Waals surface area contributed by atoms with Gasteiger partial charge in [0.05, 0.1) is 34.5 Å². The molecule has 0 atom stereocenters. The van der Waals surface area contributed by atoms with Gasteiger partial charge in [0.1, 0.15) is 10.8 Å². The number of hydrogen-bond donors (Lipinski definition) is 2. The maximum atomic E-state index is 12.8. The van der Waals surface area contributed by atoms with E-state index < -0.39 is 11.9 Å². The van der Waals surface area contributed by atoms with E-state index in [1.807, 2.05) is 42.7 Å². The summed E-state index contributed by atoms with van der Waals surface area (Å²) < 4.78 is 12.9. The highest BCUT2D eigenvalue weighted by Crippen LogP contribution is 2.34. The van der Waals surface area contributed by atoms with Crippen LogP contribution >= 0.6 is 23.1 Å². The predicted molar refractivity (Wildman–Crippen MR) is 140 cm³/mol. The highest BCUT2D eigenvalue weighted by atomic mass is 32.2. The van der Waals surface area contributed by atoms with Crippen molar-refractivity contribution in [3.05, 3.63) is 40.3 Å². The Morgan fingerprint density at radius 1 is 1.19 bits per heavy atom. The first-order valence-corrected chi connectivity index (χ1v) is 13.2. The van der Waals surface area contributed by atoms with Crippen LogP contribution in [0.4, 0.5) is 5.00 Å². The minimum atomic E-state index is -0.679. The van der Waals surface area contributed by atoms with E-state index in [1.54, 1.807) is 20.8 Å². The van der Waals surface area contributed by atoms with Crippen LogP contribution in [-0.2, 0) is 16.1 Å². The number of amides is 2. The zero-order chi connectivity index (χ0) is 26.4. The van der Waals surface area contributed by atoms with E-state index in [9.17, 15) is 14.4 Å². The second-order valence-electron chi connectivity index (χ2n) is 7.90. The standard InChI is InChI=1S/C24H29N5O5S2/c1-6-29-21(15-10-8-9-11-16(15)33-7-2)27-28-24(29)35-12-17(30)26-22-18(23(32)34-13(3)4)14(5)19(36-22)20(25)31/h8-11,13H,6-7,12H2,1-5H3,(H2,25,31)(H,26,30). The molecule has 2 heterocycles. The first-order chi connectivity index (χ1) is 17.2. The maximum Gasteiger partial charge on any atom is 0.341 e. The number of carbonyl (C=O) groups excluding carboxylic acids is 3. The van der Waals surface area contributed by atoms with Crippen molar-refractivity contribution in [2.45, 2.75) is 52.4 Å². The molecule has 192 valence electrons. The quantitative estimate of drug-likeness (QED) is 0.278. The van der Waals surface area contributed by atoms with Crippen molar-refractivity contribution in [3.63, 3.8) is 0 Å². The minimum absolute atomic E-state index is 0.00671. The molecule has 2 amide bonds. The van der Waals surface area contributed by atoms with Crippen molar-refractivity contribution >= 4 is 45.9 Å². The van der Waals surface area contributed by atoms with Gasteiger partial charge in [-0.05, 0) is 52.3 Å². The Labute approximate surface area is 217 Å². The van der Waals surface area contributed by atoms with E-state index in [1.165, 1.54) is 11.8 Å². The van der Waals surface area contributed by atoms with Crippen molar-refractivity contribution in [3.8, 4) is 17.1 Å². The maximum absolute atomic E-state index is 12.8. The van der Waals surface area contributed by atoms with Crippen molar-refractivity contribution in [1.29, 1.82) is 0 Å². The number of nitrogens with zero attached hydrogens (tertiary/aromatic N) is 3. The Bertz CT molecular complexity index is 1270. The number of nitrogens with two attached hydrogens (primary N) is 1. The number of thiophene rings is 1. The van der Waals surface area contributed by atoms with Crippen LogP contribution in [0.2, 0.25) is 0 Å². The van der Waals surface area contributed by atoms with E-state index in [2.05, 4.69) is 15.5 Å². The molecule has 0 bridgehead atoms. The molecular formula is C24H29N5O5S2. The van der Waals surface area contributed by atoms with Gasteiger partial charge in [-0.2, -0.15) is 0 Å². The molecule has 0 aliphatic carbocycles. The third-order valence-corrected chi connectivity index (χ3v) is 7.15. The number of rotatable bonds is 11. The molecule has 0 radical (unpaired) electrons. The minimum Gasteiger partial charge on any atom is -0.493 e. The molecular weight excluding hydrogens is 502 g/mol. The van der Waals surface area contributed by atoms with Crippen molar-refractivity contribution in [1.82, 2.24) is 14.8 Å². The first-order valence-electron chi connectivity index (χ1n) is 11.4. The van der Waals surface area contributed by atoms with Gasteiger partial charge in [-0.3, -0.25) is 9.59 Å². The third kappa shape index (κ3) is 6.05. The molecule has 0 aliphatic heterocycles. The molecule has 0 saturated carbocycles. The van der Waals surface area contributed by atoms with Gasteiger partial charge in [0, 0.05) is 6.54 Å². The van der Waals surface area contributed by atoms with E-state index in [-0.39, 0.29) is 33.2 Å². The predicted octanol–water partition coefficient (Wildman–Crippen LogP) is 4.13. The Kier molecular flexibility index (Phi) is 9.10. The largest absolute Gasteiger partial charge is 0.493 e. The lowest BCUT2D eigenvalue weighted by Gasteiger charge is -2.12. The summed E-state index contributed by atoms with van der Waals surface area (Å²) in [5.41, 5.74) is 6.77. The number of thioether (sulfide) groups is 1. The summed E-state index contributed by atoms with van der Waals surface area (Å²) in [6, 6.07) is 7.58. The number of benzene rings is 1. The molecule has 3 N–H and O–H groups in total. The summed E-state index contributed by atoms with van der Waals surface area (Å²) in [4.78, 5) is 37.5. The highest BCUT2D eigenvalue weighted by molar-refractivity contribution is 7.99. The summed E-state index contributed by atoms with van der Waals surface area (Å²) in [7, 11) is 0. The van der Waals surface area contributed by atoms with Gasteiger partial charge in [-0.15, -0.1) is 21.5 Å². The van der Waals surface area contributed by atoms with E-state index in [0.29, 0.717) is 35.4 Å². The van der Waals surface area contributed by atoms with Crippen molar-refractivity contribution in [2.75, 3.05) is 17.7 Å². The van der Waals surface area contributed by atoms with Crippen LogP contribution < -0.4 is 15.8 Å². The van der Waals surface area contributed by atoms with E-state index in [0.717, 1.165) is 16.9 Å². The molecule has 0 fully saturated rings. The number of hydrogen-bond acceptors (Lipinski definition) is 9. The molecule has 12 heteroatoms. The van der Waals surface area contributed by atoms with Crippen LogP contribution in [0.5, 0.6) is 5.75 Å². The molecule has 0 aliphatic rings. The number of anilines is 1. The lowest BCUT2D eigenvalue weighted by Crippen LogP contribution is -2.18. The second-order valence-corrected chi connectivity index (χ2v) is 9.86. The van der Waals surface area contributed by atoms with Crippen molar-refractivity contribution in [2.24, 2.45) is 5.73 Å². The molecule has 0 unspecified atom stereocenters. The Morgan fingerprint density at radius 3 is 2.56 bits per heavy atom. The molecule has 36 heavy (non-hydrogen) atoms. The van der Waals surface area contributed by atoms with Gasteiger partial charge in [0.2, 0.25) is 5.91 Å². The molecule has 3 rings (SSSR count). The average Bonchev–Trinajstić information content (AvgIpc) is 3.38. The lowest BCUT2D eigenvalue weighted by atomic mass is 10.1. The zero-order valence-corrected chi connectivity index (χ0v) is 22.4. The Balaban J connectivity index is 1.79. The van der Waals surface area contributed by atoms with E-state index in [4.69, 9.17) is 15.2 Å². The van der Waals surface area contributed by atoms with Gasteiger partial charge in [-0.25, -0.2) is 4.79 Å². The van der Waals surface area contributed by atoms with Crippen LogP contribution in [0.1, 0.15) is 53.3 Å². The normalized spacial score (nSPS) is 10.9. The Morgan fingerprint density at radius 2 is 1.92 bits per heavy atom. The molecule has 1 aromatic carbocycles. The van der Waals surface area contributed by atoms with Crippen LogP contribution in [0, 0.1) is 6.92 Å².